The first-order valence-electron chi connectivity index (χ1n) is 8.08. The zero-order valence-corrected chi connectivity index (χ0v) is 14.5. The van der Waals surface area contributed by atoms with Crippen molar-refractivity contribution in [3.8, 4) is 5.75 Å². The summed E-state index contributed by atoms with van der Waals surface area (Å²) in [6.07, 6.45) is -1.26. The molecular formula is C20H21NO4. The lowest BCUT2D eigenvalue weighted by atomic mass is 10.1. The number of benzene rings is 2. The number of para-hydroxylation sites is 1. The molecule has 0 fully saturated rings. The highest BCUT2D eigenvalue weighted by atomic mass is 16.5. The second-order valence-corrected chi connectivity index (χ2v) is 5.99. The molecule has 1 N–H and O–H groups in total. The molecule has 5 nitrogen and oxygen atoms in total. The Balaban J connectivity index is 1.80. The van der Waals surface area contributed by atoms with E-state index in [2.05, 4.69) is 0 Å². The van der Waals surface area contributed by atoms with Gasteiger partial charge in [0.1, 0.15) is 17.1 Å². The van der Waals surface area contributed by atoms with Crippen LogP contribution in [0.3, 0.4) is 0 Å². The average molecular weight is 339 g/mol. The fourth-order valence-corrected chi connectivity index (χ4v) is 2.74. The molecule has 0 radical (unpaired) electrons. The van der Waals surface area contributed by atoms with Gasteiger partial charge in [-0.25, -0.2) is 0 Å². The fraction of sp³-hybridized carbons (Fsp3) is 0.250. The molecule has 2 atom stereocenters. The van der Waals surface area contributed by atoms with Crippen LogP contribution >= 0.6 is 0 Å². The van der Waals surface area contributed by atoms with Gasteiger partial charge in [0.2, 0.25) is 0 Å². The third kappa shape index (κ3) is 3.37. The molecule has 3 rings (SSSR count). The van der Waals surface area contributed by atoms with Gasteiger partial charge in [-0.2, -0.15) is 0 Å². The van der Waals surface area contributed by atoms with E-state index < -0.39 is 12.0 Å². The van der Waals surface area contributed by atoms with Crippen LogP contribution in [0.25, 0.3) is 11.0 Å². The summed E-state index contributed by atoms with van der Waals surface area (Å²) in [6, 6.07) is 16.2. The van der Waals surface area contributed by atoms with Crippen LogP contribution in [0.1, 0.15) is 30.4 Å². The molecule has 0 bridgehead atoms. The van der Waals surface area contributed by atoms with Crippen LogP contribution in [0, 0.1) is 0 Å². The largest absolute Gasteiger partial charge is 0.497 e. The van der Waals surface area contributed by atoms with E-state index in [0.29, 0.717) is 17.1 Å². The van der Waals surface area contributed by atoms with Crippen LogP contribution in [-0.4, -0.2) is 30.1 Å². The van der Waals surface area contributed by atoms with Gasteiger partial charge >= 0.3 is 0 Å². The average Bonchev–Trinajstić information content (AvgIpc) is 3.09. The predicted molar refractivity (Wildman–Crippen MR) is 95.4 cm³/mol. The third-order valence-electron chi connectivity index (χ3n) is 4.43. The second kappa shape index (κ2) is 6.99. The number of ether oxygens (including phenoxy) is 1. The van der Waals surface area contributed by atoms with Crippen molar-refractivity contribution in [2.24, 2.45) is 0 Å². The van der Waals surface area contributed by atoms with Crippen molar-refractivity contribution in [2.45, 2.75) is 19.1 Å². The highest BCUT2D eigenvalue weighted by Crippen LogP contribution is 2.29. The quantitative estimate of drug-likeness (QED) is 0.770. The van der Waals surface area contributed by atoms with Crippen LogP contribution in [0.2, 0.25) is 0 Å². The molecular weight excluding hydrogens is 318 g/mol. The molecule has 0 aliphatic heterocycles. The molecule has 1 heterocycles. The summed E-state index contributed by atoms with van der Waals surface area (Å²) in [4.78, 5) is 14.2. The monoisotopic (exact) mass is 339 g/mol. The van der Waals surface area contributed by atoms with Crippen molar-refractivity contribution < 1.29 is 19.1 Å². The number of methoxy groups -OCH3 is 1. The molecule has 1 aromatic heterocycles. The standard InChI is InChI=1S/C20H21NO4/c1-13(18-12-14-7-4-5-10-17(14)25-18)21(2)20(23)19(22)15-8-6-9-16(11-15)24-3/h4-13,19,22H,1-3H3. The molecule has 0 saturated carbocycles. The summed E-state index contributed by atoms with van der Waals surface area (Å²) in [7, 11) is 3.20. The lowest BCUT2D eigenvalue weighted by Gasteiger charge is -2.26. The minimum atomic E-state index is -1.26. The Bertz CT molecular complexity index is 853. The first-order chi connectivity index (χ1) is 12.0. The number of likely N-dealkylation sites (N-methyl/N-ethyl adjacent to an activating group) is 1. The Morgan fingerprint density at radius 2 is 1.92 bits per heavy atom. The van der Waals surface area contributed by atoms with E-state index >= 15 is 0 Å². The first kappa shape index (κ1) is 17.0. The van der Waals surface area contributed by atoms with Crippen LogP contribution in [-0.2, 0) is 4.79 Å². The lowest BCUT2D eigenvalue weighted by molar-refractivity contribution is -0.141. The van der Waals surface area contributed by atoms with Gasteiger partial charge in [0.15, 0.2) is 6.10 Å². The number of fused-ring (bicyclic) bond motifs is 1. The topological polar surface area (TPSA) is 62.9 Å². The highest BCUT2D eigenvalue weighted by Gasteiger charge is 2.27. The molecule has 2 unspecified atom stereocenters. The van der Waals surface area contributed by atoms with Crippen molar-refractivity contribution >= 4 is 16.9 Å². The van der Waals surface area contributed by atoms with Gasteiger partial charge in [0, 0.05) is 12.4 Å². The van der Waals surface area contributed by atoms with E-state index in [4.69, 9.17) is 9.15 Å². The number of furan rings is 1. The Morgan fingerprint density at radius 1 is 1.16 bits per heavy atom. The molecule has 130 valence electrons. The van der Waals surface area contributed by atoms with E-state index in [1.165, 1.54) is 4.90 Å². The highest BCUT2D eigenvalue weighted by molar-refractivity contribution is 5.83. The zero-order valence-electron chi connectivity index (χ0n) is 14.5. The summed E-state index contributed by atoms with van der Waals surface area (Å²) in [5, 5.41) is 11.4. The first-order valence-corrected chi connectivity index (χ1v) is 8.08. The van der Waals surface area contributed by atoms with Crippen LogP contribution < -0.4 is 4.74 Å². The van der Waals surface area contributed by atoms with Crippen molar-refractivity contribution in [2.75, 3.05) is 14.2 Å². The van der Waals surface area contributed by atoms with Crippen LogP contribution in [0.4, 0.5) is 0 Å². The summed E-state index contributed by atoms with van der Waals surface area (Å²) in [6.45, 7) is 1.87. The van der Waals surface area contributed by atoms with E-state index in [1.807, 2.05) is 37.3 Å². The maximum atomic E-state index is 12.7. The molecule has 5 heteroatoms. The number of rotatable bonds is 5. The van der Waals surface area contributed by atoms with Gasteiger partial charge in [-0.05, 0) is 36.8 Å². The van der Waals surface area contributed by atoms with Crippen molar-refractivity contribution in [3.05, 3.63) is 65.9 Å². The van der Waals surface area contributed by atoms with Gasteiger partial charge in [-0.15, -0.1) is 0 Å². The summed E-state index contributed by atoms with van der Waals surface area (Å²) in [5.74, 6) is 0.869. The maximum Gasteiger partial charge on any atom is 0.256 e. The minimum absolute atomic E-state index is 0.305. The number of hydrogen-bond donors (Lipinski definition) is 1. The number of amides is 1. The number of hydrogen-bond acceptors (Lipinski definition) is 4. The minimum Gasteiger partial charge on any atom is -0.497 e. The van der Waals surface area contributed by atoms with Gasteiger partial charge in [-0.3, -0.25) is 4.79 Å². The molecule has 0 saturated heterocycles. The molecule has 1 amide bonds. The van der Waals surface area contributed by atoms with Crippen molar-refractivity contribution in [1.29, 1.82) is 0 Å². The van der Waals surface area contributed by atoms with E-state index in [9.17, 15) is 9.90 Å². The Morgan fingerprint density at radius 3 is 2.64 bits per heavy atom. The molecule has 2 aromatic carbocycles. The summed E-state index contributed by atoms with van der Waals surface area (Å²) in [5.41, 5.74) is 1.27. The SMILES string of the molecule is COc1cccc(C(O)C(=O)N(C)C(C)c2cc3ccccc3o2)c1. The van der Waals surface area contributed by atoms with Gasteiger partial charge in [-0.1, -0.05) is 30.3 Å². The molecule has 25 heavy (non-hydrogen) atoms. The van der Waals surface area contributed by atoms with Gasteiger partial charge < -0.3 is 19.2 Å². The lowest BCUT2D eigenvalue weighted by Crippen LogP contribution is -2.33. The molecule has 0 spiro atoms. The smallest absolute Gasteiger partial charge is 0.256 e. The Hall–Kier alpha value is -2.79. The summed E-state index contributed by atoms with van der Waals surface area (Å²) < 4.78 is 11.0. The van der Waals surface area contributed by atoms with Crippen molar-refractivity contribution in [3.63, 3.8) is 0 Å². The second-order valence-electron chi connectivity index (χ2n) is 5.99. The van der Waals surface area contributed by atoms with Crippen LogP contribution in [0.5, 0.6) is 5.75 Å². The van der Waals surface area contributed by atoms with Gasteiger partial charge in [0.25, 0.3) is 5.91 Å². The van der Waals surface area contributed by atoms with E-state index in [1.54, 1.807) is 38.4 Å². The van der Waals surface area contributed by atoms with Gasteiger partial charge in [0.05, 0.1) is 13.2 Å². The van der Waals surface area contributed by atoms with E-state index in [0.717, 1.165) is 11.0 Å². The Labute approximate surface area is 146 Å². The zero-order chi connectivity index (χ0) is 18.0. The molecule has 0 aliphatic rings. The number of aliphatic hydroxyl groups is 1. The Kier molecular flexibility index (Phi) is 4.76. The number of carbonyl (C=O) groups excluding carboxylic acids is 1. The van der Waals surface area contributed by atoms with Crippen LogP contribution in [0.15, 0.2) is 59.0 Å². The third-order valence-corrected chi connectivity index (χ3v) is 4.43. The van der Waals surface area contributed by atoms with E-state index in [-0.39, 0.29) is 6.04 Å². The fourth-order valence-electron chi connectivity index (χ4n) is 2.74. The summed E-state index contributed by atoms with van der Waals surface area (Å²) >= 11 is 0. The molecule has 0 aliphatic carbocycles. The molecule has 3 aromatic rings. The number of aliphatic hydroxyl groups excluding tert-OH is 1. The normalized spacial score (nSPS) is 13.4. The number of nitrogens with zero attached hydrogens (tertiary/aromatic N) is 1. The maximum absolute atomic E-state index is 12.7. The number of carbonyl (C=O) groups is 1. The predicted octanol–water partition coefficient (Wildman–Crippen LogP) is 3.69. The van der Waals surface area contributed by atoms with Crippen molar-refractivity contribution in [1.82, 2.24) is 4.90 Å².